The molecule has 1 aromatic rings. The van der Waals surface area contributed by atoms with Crippen LogP contribution in [0.25, 0.3) is 0 Å². The highest BCUT2D eigenvalue weighted by Crippen LogP contribution is 2.30. The normalized spacial score (nSPS) is 20.1. The maximum atomic E-state index is 13.2. The first-order chi connectivity index (χ1) is 9.45. The summed E-state index contributed by atoms with van der Waals surface area (Å²) >= 11 is 0. The van der Waals surface area contributed by atoms with Gasteiger partial charge >= 0.3 is 6.18 Å². The first-order valence-electron chi connectivity index (χ1n) is 6.60. The van der Waals surface area contributed by atoms with Gasteiger partial charge in [-0.3, -0.25) is 0 Å². The van der Waals surface area contributed by atoms with Crippen molar-refractivity contribution >= 4 is 0 Å². The number of rotatable bonds is 4. The van der Waals surface area contributed by atoms with E-state index in [2.05, 4.69) is 5.32 Å². The SMILES string of the molecule is Fc1cc(CNCC2CCCOC2)cc(C(F)(F)F)c1. The Morgan fingerprint density at radius 1 is 1.25 bits per heavy atom. The van der Waals surface area contributed by atoms with E-state index in [4.69, 9.17) is 4.74 Å². The standard InChI is InChI=1S/C14H17F4NO/c15-13-5-11(4-12(6-13)14(16,17)18)8-19-7-10-2-1-3-20-9-10/h4-6,10,19H,1-3,7-9H2. The van der Waals surface area contributed by atoms with Crippen LogP contribution in [0.2, 0.25) is 0 Å². The predicted octanol–water partition coefficient (Wildman–Crippen LogP) is 3.36. The van der Waals surface area contributed by atoms with E-state index in [1.54, 1.807) is 0 Å². The second-order valence-electron chi connectivity index (χ2n) is 5.06. The van der Waals surface area contributed by atoms with Crippen LogP contribution in [0.3, 0.4) is 0 Å². The zero-order valence-electron chi connectivity index (χ0n) is 11.0. The fraction of sp³-hybridized carbons (Fsp3) is 0.571. The third-order valence-corrected chi connectivity index (χ3v) is 3.30. The molecule has 2 rings (SSSR count). The molecule has 1 saturated heterocycles. The number of benzene rings is 1. The van der Waals surface area contributed by atoms with Crippen LogP contribution in [0.5, 0.6) is 0 Å². The van der Waals surface area contributed by atoms with Crippen LogP contribution in [0.1, 0.15) is 24.0 Å². The number of nitrogens with one attached hydrogen (secondary N) is 1. The molecule has 1 fully saturated rings. The molecule has 1 N–H and O–H groups in total. The molecule has 0 spiro atoms. The highest BCUT2D eigenvalue weighted by molar-refractivity contribution is 5.26. The van der Waals surface area contributed by atoms with Crippen molar-refractivity contribution in [2.45, 2.75) is 25.6 Å². The third-order valence-electron chi connectivity index (χ3n) is 3.30. The number of hydrogen-bond donors (Lipinski definition) is 1. The first-order valence-corrected chi connectivity index (χ1v) is 6.60. The van der Waals surface area contributed by atoms with Gasteiger partial charge in [-0.2, -0.15) is 13.2 Å². The van der Waals surface area contributed by atoms with Crippen molar-refractivity contribution in [1.29, 1.82) is 0 Å². The van der Waals surface area contributed by atoms with Gasteiger partial charge in [-0.25, -0.2) is 4.39 Å². The Balaban J connectivity index is 1.90. The minimum atomic E-state index is -4.52. The lowest BCUT2D eigenvalue weighted by atomic mass is 10.0. The van der Waals surface area contributed by atoms with Crippen LogP contribution in [-0.4, -0.2) is 19.8 Å². The lowest BCUT2D eigenvalue weighted by molar-refractivity contribution is -0.137. The second-order valence-corrected chi connectivity index (χ2v) is 5.06. The topological polar surface area (TPSA) is 21.3 Å². The molecule has 1 aliphatic rings. The molecule has 1 atom stereocenters. The predicted molar refractivity (Wildman–Crippen MR) is 66.7 cm³/mol. The molecule has 0 aromatic heterocycles. The number of ether oxygens (including phenoxy) is 1. The molecule has 0 aliphatic carbocycles. The molecule has 0 radical (unpaired) electrons. The number of halogens is 4. The molecule has 0 bridgehead atoms. The van der Waals surface area contributed by atoms with Gasteiger partial charge in [0.15, 0.2) is 0 Å². The van der Waals surface area contributed by atoms with Gasteiger partial charge in [0, 0.05) is 19.7 Å². The summed E-state index contributed by atoms with van der Waals surface area (Å²) in [7, 11) is 0. The summed E-state index contributed by atoms with van der Waals surface area (Å²) in [6.07, 6.45) is -2.47. The minimum Gasteiger partial charge on any atom is -0.381 e. The smallest absolute Gasteiger partial charge is 0.381 e. The van der Waals surface area contributed by atoms with Crippen LogP contribution in [0, 0.1) is 11.7 Å². The van der Waals surface area contributed by atoms with Crippen molar-refractivity contribution in [2.24, 2.45) is 5.92 Å². The molecular formula is C14H17F4NO. The van der Waals surface area contributed by atoms with E-state index >= 15 is 0 Å². The van der Waals surface area contributed by atoms with Gasteiger partial charge < -0.3 is 10.1 Å². The van der Waals surface area contributed by atoms with Crippen molar-refractivity contribution in [3.05, 3.63) is 35.1 Å². The lowest BCUT2D eigenvalue weighted by Crippen LogP contribution is -2.29. The number of alkyl halides is 3. The Hall–Kier alpha value is -1.14. The molecule has 1 aliphatic heterocycles. The quantitative estimate of drug-likeness (QED) is 0.859. The summed E-state index contributed by atoms with van der Waals surface area (Å²) < 4.78 is 56.2. The van der Waals surface area contributed by atoms with E-state index < -0.39 is 17.6 Å². The van der Waals surface area contributed by atoms with Gasteiger partial charge in [-0.1, -0.05) is 0 Å². The molecule has 0 saturated carbocycles. The molecule has 20 heavy (non-hydrogen) atoms. The van der Waals surface area contributed by atoms with Crippen molar-refractivity contribution in [2.75, 3.05) is 19.8 Å². The van der Waals surface area contributed by atoms with Crippen LogP contribution < -0.4 is 5.32 Å². The van der Waals surface area contributed by atoms with Crippen molar-refractivity contribution in [1.82, 2.24) is 5.32 Å². The lowest BCUT2D eigenvalue weighted by Gasteiger charge is -2.22. The zero-order chi connectivity index (χ0) is 14.6. The summed E-state index contributed by atoms with van der Waals surface area (Å²) in [5, 5.41) is 3.06. The van der Waals surface area contributed by atoms with Crippen LogP contribution >= 0.6 is 0 Å². The van der Waals surface area contributed by atoms with Gasteiger partial charge in [0.2, 0.25) is 0 Å². The molecule has 1 aromatic carbocycles. The molecule has 1 unspecified atom stereocenters. The largest absolute Gasteiger partial charge is 0.416 e. The Kier molecular flexibility index (Phi) is 4.99. The van der Waals surface area contributed by atoms with Gasteiger partial charge in [0.1, 0.15) is 5.82 Å². The fourth-order valence-electron chi connectivity index (χ4n) is 2.31. The van der Waals surface area contributed by atoms with Crippen LogP contribution in [-0.2, 0) is 17.5 Å². The molecular weight excluding hydrogens is 274 g/mol. The minimum absolute atomic E-state index is 0.220. The van der Waals surface area contributed by atoms with E-state index in [1.807, 2.05) is 0 Å². The third kappa shape index (κ3) is 4.45. The Morgan fingerprint density at radius 2 is 2.05 bits per heavy atom. The van der Waals surface area contributed by atoms with E-state index in [0.29, 0.717) is 30.7 Å². The Bertz CT molecular complexity index is 441. The second kappa shape index (κ2) is 6.54. The average molecular weight is 291 g/mol. The van der Waals surface area contributed by atoms with Crippen molar-refractivity contribution < 1.29 is 22.3 Å². The van der Waals surface area contributed by atoms with E-state index in [1.165, 1.54) is 0 Å². The maximum absolute atomic E-state index is 13.2. The fourth-order valence-corrected chi connectivity index (χ4v) is 2.31. The Morgan fingerprint density at radius 3 is 2.70 bits per heavy atom. The van der Waals surface area contributed by atoms with Gasteiger partial charge in [0.05, 0.1) is 12.2 Å². The van der Waals surface area contributed by atoms with Gasteiger partial charge in [0.25, 0.3) is 0 Å². The summed E-state index contributed by atoms with van der Waals surface area (Å²) in [4.78, 5) is 0. The molecule has 2 nitrogen and oxygen atoms in total. The first kappa shape index (κ1) is 15.3. The molecule has 1 heterocycles. The van der Waals surface area contributed by atoms with Crippen molar-refractivity contribution in [3.8, 4) is 0 Å². The van der Waals surface area contributed by atoms with E-state index in [0.717, 1.165) is 31.6 Å². The zero-order valence-corrected chi connectivity index (χ0v) is 11.0. The van der Waals surface area contributed by atoms with Crippen LogP contribution in [0.15, 0.2) is 18.2 Å². The highest BCUT2D eigenvalue weighted by atomic mass is 19.4. The van der Waals surface area contributed by atoms with Gasteiger partial charge in [-0.05, 0) is 42.5 Å². The highest BCUT2D eigenvalue weighted by Gasteiger charge is 2.31. The van der Waals surface area contributed by atoms with E-state index in [9.17, 15) is 17.6 Å². The summed E-state index contributed by atoms with van der Waals surface area (Å²) in [5.41, 5.74) is -0.649. The molecule has 6 heteroatoms. The summed E-state index contributed by atoms with van der Waals surface area (Å²) in [6.45, 7) is 2.33. The summed E-state index contributed by atoms with van der Waals surface area (Å²) in [6, 6.07) is 2.62. The van der Waals surface area contributed by atoms with Crippen LogP contribution in [0.4, 0.5) is 17.6 Å². The van der Waals surface area contributed by atoms with Crippen molar-refractivity contribution in [3.63, 3.8) is 0 Å². The Labute approximate surface area is 115 Å². The number of hydrogen-bond acceptors (Lipinski definition) is 2. The maximum Gasteiger partial charge on any atom is 0.416 e. The van der Waals surface area contributed by atoms with Gasteiger partial charge in [-0.15, -0.1) is 0 Å². The average Bonchev–Trinajstić information content (AvgIpc) is 2.38. The summed E-state index contributed by atoms with van der Waals surface area (Å²) in [5.74, 6) is -0.489. The van der Waals surface area contributed by atoms with E-state index in [-0.39, 0.29) is 6.54 Å². The molecule has 0 amide bonds. The monoisotopic (exact) mass is 291 g/mol. The molecule has 112 valence electrons.